The predicted molar refractivity (Wildman–Crippen MR) is 96.0 cm³/mol. The molecule has 0 aliphatic heterocycles. The summed E-state index contributed by atoms with van der Waals surface area (Å²) in [5.41, 5.74) is 1.54. The first-order chi connectivity index (χ1) is 13.1. The van der Waals surface area contributed by atoms with Crippen LogP contribution in [0.5, 0.6) is 0 Å². The molecule has 132 valence electrons. The number of benzene rings is 2. The molecular weight excluding hydrogens is 351 g/mol. The van der Waals surface area contributed by atoms with Crippen molar-refractivity contribution in [1.29, 1.82) is 0 Å². The summed E-state index contributed by atoms with van der Waals surface area (Å²) in [7, 11) is 0. The maximum atomic E-state index is 14.7. The Morgan fingerprint density at radius 3 is 2.19 bits per heavy atom. The molecule has 0 bridgehead atoms. The van der Waals surface area contributed by atoms with E-state index in [4.69, 9.17) is 0 Å². The van der Waals surface area contributed by atoms with Crippen LogP contribution in [0, 0.1) is 17.6 Å². The van der Waals surface area contributed by atoms with E-state index in [1.165, 1.54) is 12.3 Å². The SMILES string of the molecule is Fc1ccc(-c2nnc(F)c(-c3ccccn3)c2-c2ccccc2)c(F)c1. The lowest BCUT2D eigenvalue weighted by molar-refractivity contribution is 0.566. The quantitative estimate of drug-likeness (QED) is 0.496. The molecule has 0 unspecified atom stereocenters. The van der Waals surface area contributed by atoms with Gasteiger partial charge in [-0.15, -0.1) is 10.2 Å². The van der Waals surface area contributed by atoms with Crippen LogP contribution in [0.15, 0.2) is 72.9 Å². The van der Waals surface area contributed by atoms with Crippen LogP contribution in [0.25, 0.3) is 33.6 Å². The third kappa shape index (κ3) is 3.17. The molecule has 0 saturated heterocycles. The van der Waals surface area contributed by atoms with Gasteiger partial charge in [-0.05, 0) is 29.8 Å². The van der Waals surface area contributed by atoms with E-state index in [-0.39, 0.29) is 16.8 Å². The number of nitrogens with zero attached hydrogens (tertiary/aromatic N) is 3. The van der Waals surface area contributed by atoms with Gasteiger partial charge < -0.3 is 0 Å². The molecule has 2 aromatic heterocycles. The Bertz CT molecular complexity index is 1100. The summed E-state index contributed by atoms with van der Waals surface area (Å²) in [5, 5.41) is 7.45. The van der Waals surface area contributed by atoms with Crippen molar-refractivity contribution in [3.63, 3.8) is 0 Å². The van der Waals surface area contributed by atoms with E-state index < -0.39 is 17.6 Å². The summed E-state index contributed by atoms with van der Waals surface area (Å²) in [4.78, 5) is 4.21. The lowest BCUT2D eigenvalue weighted by Crippen LogP contribution is -2.03. The first kappa shape index (κ1) is 16.9. The number of aromatic nitrogens is 3. The Hall–Kier alpha value is -3.54. The Morgan fingerprint density at radius 1 is 0.704 bits per heavy atom. The van der Waals surface area contributed by atoms with Crippen molar-refractivity contribution < 1.29 is 13.2 Å². The molecule has 0 spiro atoms. The zero-order valence-corrected chi connectivity index (χ0v) is 13.9. The number of halogens is 3. The third-order valence-electron chi connectivity index (χ3n) is 4.10. The van der Waals surface area contributed by atoms with E-state index in [0.717, 1.165) is 12.1 Å². The number of rotatable bonds is 3. The van der Waals surface area contributed by atoms with E-state index in [1.54, 1.807) is 42.5 Å². The summed E-state index contributed by atoms with van der Waals surface area (Å²) in [6.07, 6.45) is 1.53. The zero-order valence-electron chi connectivity index (χ0n) is 13.9. The minimum Gasteiger partial charge on any atom is -0.256 e. The highest BCUT2D eigenvalue weighted by molar-refractivity contribution is 5.91. The Labute approximate surface area is 153 Å². The van der Waals surface area contributed by atoms with Crippen molar-refractivity contribution in [2.75, 3.05) is 0 Å². The van der Waals surface area contributed by atoms with Crippen LogP contribution in [0.1, 0.15) is 0 Å². The molecule has 27 heavy (non-hydrogen) atoms. The zero-order chi connectivity index (χ0) is 18.8. The number of hydrogen-bond acceptors (Lipinski definition) is 3. The predicted octanol–water partition coefficient (Wildman–Crippen LogP) is 5.29. The second kappa shape index (κ2) is 6.99. The normalized spacial score (nSPS) is 10.8. The molecule has 0 fully saturated rings. The second-order valence-electron chi connectivity index (χ2n) is 5.79. The van der Waals surface area contributed by atoms with E-state index in [9.17, 15) is 13.2 Å². The van der Waals surface area contributed by atoms with Crippen molar-refractivity contribution >= 4 is 0 Å². The molecule has 0 aliphatic rings. The molecule has 0 radical (unpaired) electrons. The standard InChI is InChI=1S/C21H12F3N3/c22-14-9-10-15(16(23)12-14)20-18(13-6-2-1-3-7-13)19(21(24)27-26-20)17-8-4-5-11-25-17/h1-12H. The molecule has 2 aromatic carbocycles. The van der Waals surface area contributed by atoms with Gasteiger partial charge in [-0.1, -0.05) is 36.4 Å². The van der Waals surface area contributed by atoms with Gasteiger partial charge in [-0.3, -0.25) is 4.98 Å². The molecule has 0 atom stereocenters. The minimum absolute atomic E-state index is 0.0277. The summed E-state index contributed by atoms with van der Waals surface area (Å²) >= 11 is 0. The van der Waals surface area contributed by atoms with Crippen LogP contribution in [0.4, 0.5) is 13.2 Å². The van der Waals surface area contributed by atoms with Crippen molar-refractivity contribution in [2.24, 2.45) is 0 Å². The van der Waals surface area contributed by atoms with Gasteiger partial charge in [-0.2, -0.15) is 4.39 Å². The number of hydrogen-bond donors (Lipinski definition) is 0. The molecule has 4 aromatic rings. The van der Waals surface area contributed by atoms with Crippen molar-refractivity contribution in [2.45, 2.75) is 0 Å². The summed E-state index contributed by atoms with van der Waals surface area (Å²) in [5.74, 6) is -2.34. The second-order valence-corrected chi connectivity index (χ2v) is 5.79. The molecule has 2 heterocycles. The average Bonchev–Trinajstić information content (AvgIpc) is 2.69. The highest BCUT2D eigenvalue weighted by Crippen LogP contribution is 2.39. The Kier molecular flexibility index (Phi) is 4.38. The third-order valence-corrected chi connectivity index (χ3v) is 4.10. The summed E-state index contributed by atoms with van der Waals surface area (Å²) < 4.78 is 42.5. The van der Waals surface area contributed by atoms with Gasteiger partial charge in [-0.25, -0.2) is 8.78 Å². The first-order valence-electron chi connectivity index (χ1n) is 8.13. The molecule has 0 N–H and O–H groups in total. The smallest absolute Gasteiger partial charge is 0.243 e. The van der Waals surface area contributed by atoms with Crippen LogP contribution in [0.3, 0.4) is 0 Å². The lowest BCUT2D eigenvalue weighted by atomic mass is 9.93. The molecule has 0 amide bonds. The fourth-order valence-corrected chi connectivity index (χ4v) is 2.92. The van der Waals surface area contributed by atoms with Gasteiger partial charge in [0.2, 0.25) is 5.95 Å². The van der Waals surface area contributed by atoms with Gasteiger partial charge in [0.15, 0.2) is 0 Å². The van der Waals surface area contributed by atoms with Crippen LogP contribution in [-0.4, -0.2) is 15.2 Å². The van der Waals surface area contributed by atoms with Gasteiger partial charge in [0.05, 0.1) is 11.3 Å². The molecule has 0 saturated carbocycles. The van der Waals surface area contributed by atoms with Crippen molar-refractivity contribution in [1.82, 2.24) is 15.2 Å². The lowest BCUT2D eigenvalue weighted by Gasteiger charge is -2.14. The molecular formula is C21H12F3N3. The Balaban J connectivity index is 2.09. The van der Waals surface area contributed by atoms with E-state index >= 15 is 0 Å². The van der Waals surface area contributed by atoms with Crippen molar-refractivity contribution in [3.05, 3.63) is 90.5 Å². The summed E-state index contributed by atoms with van der Waals surface area (Å²) in [6.45, 7) is 0. The molecule has 4 rings (SSSR count). The van der Waals surface area contributed by atoms with E-state index in [0.29, 0.717) is 16.8 Å². The summed E-state index contributed by atoms with van der Waals surface area (Å²) in [6, 6.07) is 17.1. The minimum atomic E-state index is -0.821. The first-order valence-corrected chi connectivity index (χ1v) is 8.13. The highest BCUT2D eigenvalue weighted by Gasteiger charge is 2.23. The van der Waals surface area contributed by atoms with Crippen LogP contribution < -0.4 is 0 Å². The van der Waals surface area contributed by atoms with Gasteiger partial charge in [0.25, 0.3) is 0 Å². The van der Waals surface area contributed by atoms with Gasteiger partial charge in [0, 0.05) is 23.4 Å². The topological polar surface area (TPSA) is 38.7 Å². The molecule has 0 aliphatic carbocycles. The molecule has 3 nitrogen and oxygen atoms in total. The van der Waals surface area contributed by atoms with Gasteiger partial charge in [0.1, 0.15) is 17.3 Å². The fraction of sp³-hybridized carbons (Fsp3) is 0. The monoisotopic (exact) mass is 363 g/mol. The van der Waals surface area contributed by atoms with E-state index in [2.05, 4.69) is 15.2 Å². The van der Waals surface area contributed by atoms with Crippen LogP contribution in [-0.2, 0) is 0 Å². The van der Waals surface area contributed by atoms with E-state index in [1.807, 2.05) is 6.07 Å². The van der Waals surface area contributed by atoms with Gasteiger partial charge >= 0.3 is 0 Å². The van der Waals surface area contributed by atoms with Crippen LogP contribution >= 0.6 is 0 Å². The maximum Gasteiger partial charge on any atom is 0.243 e. The van der Waals surface area contributed by atoms with Crippen molar-refractivity contribution in [3.8, 4) is 33.6 Å². The highest BCUT2D eigenvalue weighted by atomic mass is 19.1. The molecule has 6 heteroatoms. The fourth-order valence-electron chi connectivity index (χ4n) is 2.92. The van der Waals surface area contributed by atoms with Crippen LogP contribution in [0.2, 0.25) is 0 Å². The number of pyridine rings is 1. The average molecular weight is 363 g/mol. The Morgan fingerprint density at radius 2 is 1.48 bits per heavy atom. The largest absolute Gasteiger partial charge is 0.256 e. The maximum absolute atomic E-state index is 14.7.